The number of hydrogen-bond acceptors (Lipinski definition) is 3. The second kappa shape index (κ2) is 6.73. The van der Waals surface area contributed by atoms with E-state index in [1.54, 1.807) is 0 Å². The second-order valence-corrected chi connectivity index (χ2v) is 5.01. The summed E-state index contributed by atoms with van der Waals surface area (Å²) in [4.78, 5) is 24.2. The zero-order valence-electron chi connectivity index (χ0n) is 10.6. The van der Waals surface area contributed by atoms with Crippen LogP contribution in [0.1, 0.15) is 24.2 Å². The average molecular weight is 305 g/mol. The first-order valence-electron chi connectivity index (χ1n) is 5.69. The summed E-state index contributed by atoms with van der Waals surface area (Å²) in [5, 5.41) is 11.2. The highest BCUT2D eigenvalue weighted by molar-refractivity contribution is 6.31. The minimum Gasteiger partial charge on any atom is -0.335 e. The molecule has 0 aliphatic carbocycles. The molecule has 0 heterocycles. The first kappa shape index (κ1) is 15.7. The van der Waals surface area contributed by atoms with Crippen molar-refractivity contribution in [2.24, 2.45) is 0 Å². The van der Waals surface area contributed by atoms with Gasteiger partial charge >= 0.3 is 0 Å². The fraction of sp³-hybridized carbons (Fsp3) is 0.417. The Morgan fingerprint density at radius 3 is 2.58 bits per heavy atom. The number of amides is 1. The van der Waals surface area contributed by atoms with Gasteiger partial charge in [0, 0.05) is 29.6 Å². The first-order chi connectivity index (χ1) is 8.88. The Hall–Kier alpha value is -1.33. The van der Waals surface area contributed by atoms with Gasteiger partial charge in [-0.05, 0) is 26.0 Å². The number of carbonyl (C=O) groups is 1. The topological polar surface area (TPSA) is 63.5 Å². The fourth-order valence-electron chi connectivity index (χ4n) is 1.68. The number of nitro benzene ring substituents is 1. The van der Waals surface area contributed by atoms with Gasteiger partial charge in [0.15, 0.2) is 0 Å². The van der Waals surface area contributed by atoms with E-state index in [0.29, 0.717) is 6.54 Å². The molecule has 0 fully saturated rings. The van der Waals surface area contributed by atoms with Crippen LogP contribution in [0.4, 0.5) is 5.69 Å². The highest BCUT2D eigenvalue weighted by Crippen LogP contribution is 2.24. The monoisotopic (exact) mass is 304 g/mol. The van der Waals surface area contributed by atoms with E-state index >= 15 is 0 Å². The molecular formula is C12H14Cl2N2O3. The van der Waals surface area contributed by atoms with Gasteiger partial charge in [0.2, 0.25) is 0 Å². The molecule has 0 aliphatic rings. The molecule has 0 atom stereocenters. The zero-order chi connectivity index (χ0) is 14.6. The van der Waals surface area contributed by atoms with Crippen LogP contribution >= 0.6 is 23.2 Å². The largest absolute Gasteiger partial charge is 0.335 e. The van der Waals surface area contributed by atoms with Crippen LogP contribution in [0.15, 0.2) is 18.2 Å². The third-order valence-electron chi connectivity index (χ3n) is 2.60. The lowest BCUT2D eigenvalue weighted by molar-refractivity contribution is -0.385. The summed E-state index contributed by atoms with van der Waals surface area (Å²) >= 11 is 11.5. The summed E-state index contributed by atoms with van der Waals surface area (Å²) < 4.78 is 0. The summed E-state index contributed by atoms with van der Waals surface area (Å²) in [5.41, 5.74) is -0.272. The maximum atomic E-state index is 12.4. The first-order valence-corrected chi connectivity index (χ1v) is 6.60. The number of benzene rings is 1. The van der Waals surface area contributed by atoms with Crippen LogP contribution in [0.3, 0.4) is 0 Å². The van der Waals surface area contributed by atoms with Gasteiger partial charge in [-0.3, -0.25) is 14.9 Å². The van der Waals surface area contributed by atoms with Crippen LogP contribution in [-0.2, 0) is 0 Å². The fourth-order valence-corrected chi connectivity index (χ4v) is 2.03. The molecule has 1 aromatic rings. The van der Waals surface area contributed by atoms with Gasteiger partial charge in [-0.2, -0.15) is 0 Å². The van der Waals surface area contributed by atoms with Crippen molar-refractivity contribution in [2.45, 2.75) is 19.9 Å². The van der Waals surface area contributed by atoms with Crippen molar-refractivity contribution >= 4 is 34.8 Å². The van der Waals surface area contributed by atoms with Crippen LogP contribution < -0.4 is 0 Å². The summed E-state index contributed by atoms with van der Waals surface area (Å²) in [6.07, 6.45) is 0. The number of nitro groups is 1. The number of nitrogens with zero attached hydrogens (tertiary/aromatic N) is 2. The van der Waals surface area contributed by atoms with Crippen LogP contribution in [0, 0.1) is 10.1 Å². The van der Waals surface area contributed by atoms with Crippen LogP contribution in [-0.4, -0.2) is 34.2 Å². The Morgan fingerprint density at radius 1 is 1.47 bits per heavy atom. The lowest BCUT2D eigenvalue weighted by atomic mass is 10.1. The molecular weight excluding hydrogens is 291 g/mol. The number of hydrogen-bond donors (Lipinski definition) is 0. The Balaban J connectivity index is 3.23. The van der Waals surface area contributed by atoms with E-state index in [2.05, 4.69) is 0 Å². The molecule has 0 aliphatic heterocycles. The average Bonchev–Trinajstić information content (AvgIpc) is 2.34. The molecule has 7 heteroatoms. The Kier molecular flexibility index (Phi) is 5.57. The quantitative estimate of drug-likeness (QED) is 0.476. The van der Waals surface area contributed by atoms with E-state index in [4.69, 9.17) is 23.2 Å². The lowest BCUT2D eigenvalue weighted by Crippen LogP contribution is -2.38. The Labute approximate surface area is 121 Å². The van der Waals surface area contributed by atoms with Crippen molar-refractivity contribution < 1.29 is 9.72 Å². The van der Waals surface area contributed by atoms with Crippen LogP contribution in [0.2, 0.25) is 5.02 Å². The molecule has 1 amide bonds. The number of rotatable bonds is 5. The highest BCUT2D eigenvalue weighted by Gasteiger charge is 2.26. The summed E-state index contributed by atoms with van der Waals surface area (Å²) in [7, 11) is 0. The van der Waals surface area contributed by atoms with E-state index < -0.39 is 10.8 Å². The molecule has 19 heavy (non-hydrogen) atoms. The molecule has 1 aromatic carbocycles. The molecule has 0 saturated carbocycles. The van der Waals surface area contributed by atoms with Gasteiger partial charge in [-0.15, -0.1) is 11.6 Å². The van der Waals surface area contributed by atoms with Gasteiger partial charge < -0.3 is 4.90 Å². The Morgan fingerprint density at radius 2 is 2.11 bits per heavy atom. The standard InChI is InChI=1S/C12H14Cl2N2O3/c1-8(2)15(6-5-13)12(17)10-7-9(14)3-4-11(10)16(18)19/h3-4,7-8H,5-6H2,1-2H3. The predicted octanol–water partition coefficient (Wildman–Crippen LogP) is 3.34. The minimum atomic E-state index is -0.594. The van der Waals surface area contributed by atoms with E-state index in [-0.39, 0.29) is 28.2 Å². The van der Waals surface area contributed by atoms with Crippen molar-refractivity contribution in [1.29, 1.82) is 0 Å². The molecule has 0 aromatic heterocycles. The summed E-state index contributed by atoms with van der Waals surface area (Å²) in [5.74, 6) is -0.178. The van der Waals surface area contributed by atoms with E-state index in [1.165, 1.54) is 23.1 Å². The van der Waals surface area contributed by atoms with E-state index in [1.807, 2.05) is 13.8 Å². The predicted molar refractivity (Wildman–Crippen MR) is 75.0 cm³/mol. The normalized spacial score (nSPS) is 10.6. The molecule has 5 nitrogen and oxygen atoms in total. The molecule has 0 unspecified atom stereocenters. The van der Waals surface area contributed by atoms with Gasteiger partial charge in [0.05, 0.1) is 4.92 Å². The molecule has 0 radical (unpaired) electrons. The molecule has 0 bridgehead atoms. The smallest absolute Gasteiger partial charge is 0.282 e. The van der Waals surface area contributed by atoms with Gasteiger partial charge in [-0.1, -0.05) is 11.6 Å². The Bertz CT molecular complexity index is 492. The number of halogens is 2. The van der Waals surface area contributed by atoms with Crippen molar-refractivity contribution in [3.63, 3.8) is 0 Å². The van der Waals surface area contributed by atoms with E-state index in [9.17, 15) is 14.9 Å². The molecule has 0 N–H and O–H groups in total. The molecule has 1 rings (SSSR count). The van der Waals surface area contributed by atoms with Crippen LogP contribution in [0.25, 0.3) is 0 Å². The number of alkyl halides is 1. The van der Waals surface area contributed by atoms with Gasteiger partial charge in [0.1, 0.15) is 5.56 Å². The van der Waals surface area contributed by atoms with Crippen molar-refractivity contribution in [2.75, 3.05) is 12.4 Å². The summed E-state index contributed by atoms with van der Waals surface area (Å²) in [6, 6.07) is 3.82. The number of carbonyl (C=O) groups excluding carboxylic acids is 1. The van der Waals surface area contributed by atoms with Gasteiger partial charge in [-0.25, -0.2) is 0 Å². The zero-order valence-corrected chi connectivity index (χ0v) is 12.1. The van der Waals surface area contributed by atoms with Crippen LogP contribution in [0.5, 0.6) is 0 Å². The summed E-state index contributed by atoms with van der Waals surface area (Å²) in [6.45, 7) is 3.96. The molecule has 104 valence electrons. The van der Waals surface area contributed by atoms with Crippen molar-refractivity contribution in [3.8, 4) is 0 Å². The van der Waals surface area contributed by atoms with Crippen molar-refractivity contribution in [3.05, 3.63) is 38.9 Å². The second-order valence-electron chi connectivity index (χ2n) is 4.20. The molecule has 0 saturated heterocycles. The van der Waals surface area contributed by atoms with E-state index in [0.717, 1.165) is 0 Å². The SMILES string of the molecule is CC(C)N(CCCl)C(=O)c1cc(Cl)ccc1[N+](=O)[O-]. The minimum absolute atomic E-state index is 0.0173. The maximum Gasteiger partial charge on any atom is 0.282 e. The maximum absolute atomic E-state index is 12.4. The van der Waals surface area contributed by atoms with Crippen molar-refractivity contribution in [1.82, 2.24) is 4.90 Å². The van der Waals surface area contributed by atoms with Gasteiger partial charge in [0.25, 0.3) is 11.6 Å². The third kappa shape index (κ3) is 3.81. The third-order valence-corrected chi connectivity index (χ3v) is 3.00. The highest BCUT2D eigenvalue weighted by atomic mass is 35.5. The lowest BCUT2D eigenvalue weighted by Gasteiger charge is -2.25. The molecule has 0 spiro atoms.